The summed E-state index contributed by atoms with van der Waals surface area (Å²) in [5.41, 5.74) is 8.25. The molecule has 0 amide bonds. The zero-order valence-corrected chi connectivity index (χ0v) is 11.8. The molecular weight excluding hydrogens is 222 g/mol. The van der Waals surface area contributed by atoms with E-state index in [1.165, 1.54) is 24.9 Å². The Morgan fingerprint density at radius 3 is 2.72 bits per heavy atom. The van der Waals surface area contributed by atoms with Crippen LogP contribution in [0.1, 0.15) is 58.2 Å². The molecule has 3 heteroatoms. The van der Waals surface area contributed by atoms with E-state index in [-0.39, 0.29) is 6.04 Å². The van der Waals surface area contributed by atoms with Gasteiger partial charge in [0.25, 0.3) is 0 Å². The number of hydrogen-bond acceptors (Lipinski definition) is 3. The predicted molar refractivity (Wildman–Crippen MR) is 76.7 cm³/mol. The Morgan fingerprint density at radius 2 is 2.17 bits per heavy atom. The molecule has 0 radical (unpaired) electrons. The third-order valence-electron chi connectivity index (χ3n) is 4.15. The van der Waals surface area contributed by atoms with Crippen molar-refractivity contribution in [3.05, 3.63) is 24.0 Å². The molecule has 2 rings (SSSR count). The number of nitrogens with two attached hydrogens (primary N) is 1. The summed E-state index contributed by atoms with van der Waals surface area (Å²) in [4.78, 5) is 7.05. The second-order valence-corrected chi connectivity index (χ2v) is 5.35. The molecule has 1 saturated heterocycles. The van der Waals surface area contributed by atoms with Gasteiger partial charge in [-0.3, -0.25) is 4.98 Å². The van der Waals surface area contributed by atoms with Gasteiger partial charge in [-0.05, 0) is 44.7 Å². The van der Waals surface area contributed by atoms with Gasteiger partial charge in [0.15, 0.2) is 0 Å². The van der Waals surface area contributed by atoms with E-state index in [9.17, 15) is 0 Å². The Hall–Kier alpha value is -1.09. The van der Waals surface area contributed by atoms with Crippen molar-refractivity contribution in [3.63, 3.8) is 0 Å². The number of hydrogen-bond donors (Lipinski definition) is 1. The van der Waals surface area contributed by atoms with Crippen molar-refractivity contribution in [1.82, 2.24) is 4.98 Å². The molecule has 3 nitrogen and oxygen atoms in total. The van der Waals surface area contributed by atoms with Gasteiger partial charge in [0.2, 0.25) is 0 Å². The van der Waals surface area contributed by atoms with Crippen LogP contribution >= 0.6 is 0 Å². The average Bonchev–Trinajstić information content (AvgIpc) is 2.79. The first-order chi connectivity index (χ1) is 8.67. The number of aromatic nitrogens is 1. The summed E-state index contributed by atoms with van der Waals surface area (Å²) in [6.07, 6.45) is 6.72. The molecule has 1 aromatic heterocycles. The lowest BCUT2D eigenvalue weighted by Gasteiger charge is -2.30. The van der Waals surface area contributed by atoms with Gasteiger partial charge in [0.05, 0.1) is 17.6 Å². The van der Waals surface area contributed by atoms with Gasteiger partial charge in [0.1, 0.15) is 0 Å². The first-order valence-electron chi connectivity index (χ1n) is 7.17. The van der Waals surface area contributed by atoms with Crippen LogP contribution in [0.2, 0.25) is 0 Å². The Morgan fingerprint density at radius 1 is 1.39 bits per heavy atom. The van der Waals surface area contributed by atoms with Gasteiger partial charge < -0.3 is 10.6 Å². The predicted octanol–water partition coefficient (Wildman–Crippen LogP) is 3.26. The van der Waals surface area contributed by atoms with Crippen LogP contribution in [0.4, 0.5) is 5.69 Å². The minimum atomic E-state index is 0.0667. The van der Waals surface area contributed by atoms with Crippen LogP contribution in [0.5, 0.6) is 0 Å². The molecule has 1 fully saturated rings. The summed E-state index contributed by atoms with van der Waals surface area (Å²) in [6, 6.07) is 5.64. The highest BCUT2D eigenvalue weighted by atomic mass is 15.2. The first kappa shape index (κ1) is 13.3. The summed E-state index contributed by atoms with van der Waals surface area (Å²) < 4.78 is 0. The van der Waals surface area contributed by atoms with E-state index >= 15 is 0 Å². The Balaban J connectivity index is 2.18. The molecule has 3 atom stereocenters. The second-order valence-electron chi connectivity index (χ2n) is 5.35. The quantitative estimate of drug-likeness (QED) is 0.888. The first-order valence-corrected chi connectivity index (χ1v) is 7.17. The summed E-state index contributed by atoms with van der Waals surface area (Å²) in [5.74, 6) is 0. The molecule has 2 heterocycles. The van der Waals surface area contributed by atoms with Crippen LogP contribution < -0.4 is 10.6 Å². The fourth-order valence-electron chi connectivity index (χ4n) is 2.92. The molecule has 0 saturated carbocycles. The molecule has 18 heavy (non-hydrogen) atoms. The highest BCUT2D eigenvalue weighted by Crippen LogP contribution is 2.31. The minimum absolute atomic E-state index is 0.0667. The van der Waals surface area contributed by atoms with Crippen molar-refractivity contribution in [2.24, 2.45) is 5.73 Å². The summed E-state index contributed by atoms with van der Waals surface area (Å²) in [6.45, 7) is 6.67. The molecule has 100 valence electrons. The smallest absolute Gasteiger partial charge is 0.0572 e. The molecule has 1 aliphatic rings. The topological polar surface area (TPSA) is 42.1 Å². The number of rotatable bonds is 4. The molecule has 1 aliphatic heterocycles. The van der Waals surface area contributed by atoms with Crippen molar-refractivity contribution in [1.29, 1.82) is 0 Å². The lowest BCUT2D eigenvalue weighted by Crippen LogP contribution is -2.34. The zero-order valence-electron chi connectivity index (χ0n) is 11.8. The standard InChI is InChI=1S/C15H25N3/c1-4-12-7-6-11(3)18(12)13-8-9-15(17-10-13)14(16)5-2/h8-12,14H,4-7,16H2,1-3H3. The molecule has 2 N–H and O–H groups in total. The van der Waals surface area contributed by atoms with Gasteiger partial charge in [-0.1, -0.05) is 13.8 Å². The summed E-state index contributed by atoms with van der Waals surface area (Å²) in [5, 5.41) is 0. The highest BCUT2D eigenvalue weighted by molar-refractivity contribution is 5.48. The van der Waals surface area contributed by atoms with Gasteiger partial charge in [0, 0.05) is 18.1 Å². The number of anilines is 1. The van der Waals surface area contributed by atoms with E-state index in [2.05, 4.69) is 42.8 Å². The lowest BCUT2D eigenvalue weighted by molar-refractivity contribution is 0.625. The average molecular weight is 247 g/mol. The van der Waals surface area contributed by atoms with Gasteiger partial charge in [-0.25, -0.2) is 0 Å². The third-order valence-corrected chi connectivity index (χ3v) is 4.15. The SMILES string of the molecule is CCC(N)c1ccc(N2C(C)CCC2CC)cn1. The molecule has 0 spiro atoms. The summed E-state index contributed by atoms with van der Waals surface area (Å²) in [7, 11) is 0. The van der Waals surface area contributed by atoms with E-state index in [1.54, 1.807) is 0 Å². The fraction of sp³-hybridized carbons (Fsp3) is 0.667. The third kappa shape index (κ3) is 2.51. The van der Waals surface area contributed by atoms with E-state index in [1.807, 2.05) is 6.20 Å². The lowest BCUT2D eigenvalue weighted by atomic mass is 10.1. The van der Waals surface area contributed by atoms with Gasteiger partial charge in [-0.15, -0.1) is 0 Å². The van der Waals surface area contributed by atoms with Crippen molar-refractivity contribution in [3.8, 4) is 0 Å². The van der Waals surface area contributed by atoms with E-state index < -0.39 is 0 Å². The van der Waals surface area contributed by atoms with Gasteiger partial charge in [-0.2, -0.15) is 0 Å². The molecular formula is C15H25N3. The summed E-state index contributed by atoms with van der Waals surface area (Å²) >= 11 is 0. The van der Waals surface area contributed by atoms with Gasteiger partial charge >= 0.3 is 0 Å². The number of nitrogens with zero attached hydrogens (tertiary/aromatic N) is 2. The Kier molecular flexibility index (Phi) is 4.23. The van der Waals surface area contributed by atoms with Crippen LogP contribution in [-0.4, -0.2) is 17.1 Å². The zero-order chi connectivity index (χ0) is 13.1. The minimum Gasteiger partial charge on any atom is -0.365 e. The number of pyridine rings is 1. The normalized spacial score (nSPS) is 25.4. The van der Waals surface area contributed by atoms with E-state index in [4.69, 9.17) is 5.73 Å². The van der Waals surface area contributed by atoms with Crippen LogP contribution in [0.25, 0.3) is 0 Å². The maximum Gasteiger partial charge on any atom is 0.0572 e. The Bertz CT molecular complexity index is 374. The maximum atomic E-state index is 6.00. The van der Waals surface area contributed by atoms with Crippen LogP contribution in [-0.2, 0) is 0 Å². The van der Waals surface area contributed by atoms with Crippen LogP contribution in [0.15, 0.2) is 18.3 Å². The van der Waals surface area contributed by atoms with Crippen molar-refractivity contribution in [2.75, 3.05) is 4.90 Å². The second kappa shape index (κ2) is 5.70. The fourth-order valence-corrected chi connectivity index (χ4v) is 2.92. The largest absolute Gasteiger partial charge is 0.365 e. The van der Waals surface area contributed by atoms with Crippen LogP contribution in [0.3, 0.4) is 0 Å². The van der Waals surface area contributed by atoms with Crippen molar-refractivity contribution >= 4 is 5.69 Å². The maximum absolute atomic E-state index is 6.00. The van der Waals surface area contributed by atoms with E-state index in [0.717, 1.165) is 12.1 Å². The van der Waals surface area contributed by atoms with Crippen LogP contribution in [0, 0.1) is 0 Å². The molecule has 0 bridgehead atoms. The molecule has 3 unspecified atom stereocenters. The molecule has 0 aromatic carbocycles. The molecule has 1 aromatic rings. The van der Waals surface area contributed by atoms with E-state index in [0.29, 0.717) is 12.1 Å². The molecule has 0 aliphatic carbocycles. The highest BCUT2D eigenvalue weighted by Gasteiger charge is 2.29. The van der Waals surface area contributed by atoms with Crippen molar-refractivity contribution in [2.45, 2.75) is 64.6 Å². The Labute approximate surface area is 110 Å². The monoisotopic (exact) mass is 247 g/mol. The van der Waals surface area contributed by atoms with Crippen molar-refractivity contribution < 1.29 is 0 Å².